The first-order chi connectivity index (χ1) is 12.8. The first-order valence-electron chi connectivity index (χ1n) is 8.23. The molecular weight excluding hydrogens is 368 g/mol. The summed E-state index contributed by atoms with van der Waals surface area (Å²) in [5.74, 6) is 0.238. The van der Waals surface area contributed by atoms with Crippen LogP contribution in [0.25, 0.3) is 22.3 Å². The largest absolute Gasteiger partial charge is 0.456 e. The van der Waals surface area contributed by atoms with E-state index in [0.717, 1.165) is 0 Å². The van der Waals surface area contributed by atoms with Crippen molar-refractivity contribution in [3.8, 4) is 11.3 Å². The molecule has 0 aliphatic heterocycles. The standard InChI is InChI=1S/C19H18N2O5S/c1-12(2)20-19(23)21-27(24,25)14-7-5-6-13(10-14)18-11-16(22)15-8-3-4-9-17(15)26-18/h3-12H,1-2H3,(H2,20,21,23). The maximum Gasteiger partial charge on any atom is 0.328 e. The highest BCUT2D eigenvalue weighted by atomic mass is 32.2. The maximum atomic E-state index is 12.4. The first kappa shape index (κ1) is 18.7. The summed E-state index contributed by atoms with van der Waals surface area (Å²) in [6, 6.07) is 12.9. The first-order valence-corrected chi connectivity index (χ1v) is 9.71. The lowest BCUT2D eigenvalue weighted by atomic mass is 10.1. The molecule has 0 spiro atoms. The monoisotopic (exact) mass is 386 g/mol. The molecule has 3 aromatic rings. The Morgan fingerprint density at radius 3 is 2.52 bits per heavy atom. The minimum absolute atomic E-state index is 0.116. The molecule has 0 radical (unpaired) electrons. The van der Waals surface area contributed by atoms with Gasteiger partial charge in [-0.3, -0.25) is 4.79 Å². The van der Waals surface area contributed by atoms with E-state index in [0.29, 0.717) is 16.5 Å². The van der Waals surface area contributed by atoms with Crippen LogP contribution in [-0.4, -0.2) is 20.5 Å². The summed E-state index contributed by atoms with van der Waals surface area (Å²) < 4.78 is 32.5. The van der Waals surface area contributed by atoms with Crippen LogP contribution in [0.5, 0.6) is 0 Å². The van der Waals surface area contributed by atoms with E-state index in [1.165, 1.54) is 24.3 Å². The van der Waals surface area contributed by atoms with E-state index in [4.69, 9.17) is 4.42 Å². The highest BCUT2D eigenvalue weighted by Crippen LogP contribution is 2.24. The Labute approximate surface area is 156 Å². The molecule has 0 saturated carbocycles. The molecule has 1 aromatic heterocycles. The van der Waals surface area contributed by atoms with E-state index in [-0.39, 0.29) is 22.1 Å². The maximum absolute atomic E-state index is 12.4. The minimum atomic E-state index is -4.07. The van der Waals surface area contributed by atoms with Gasteiger partial charge in [-0.1, -0.05) is 24.3 Å². The average Bonchev–Trinajstić information content (AvgIpc) is 2.60. The number of carbonyl (C=O) groups is 1. The molecule has 7 nitrogen and oxygen atoms in total. The molecule has 0 aliphatic rings. The number of nitrogens with one attached hydrogen (secondary N) is 2. The topological polar surface area (TPSA) is 105 Å². The van der Waals surface area contributed by atoms with Crippen molar-refractivity contribution < 1.29 is 17.6 Å². The third-order valence-electron chi connectivity index (χ3n) is 3.71. The number of para-hydroxylation sites is 1. The molecule has 2 aromatic carbocycles. The molecule has 8 heteroatoms. The number of amides is 2. The number of benzene rings is 2. The molecule has 0 atom stereocenters. The Balaban J connectivity index is 1.99. The van der Waals surface area contributed by atoms with Crippen molar-refractivity contribution in [2.45, 2.75) is 24.8 Å². The normalized spacial score (nSPS) is 11.5. The summed E-state index contributed by atoms with van der Waals surface area (Å²) in [5, 5.41) is 2.90. The lowest BCUT2D eigenvalue weighted by molar-refractivity contribution is 0.243. The van der Waals surface area contributed by atoms with Crippen molar-refractivity contribution in [2.75, 3.05) is 0 Å². The second-order valence-electron chi connectivity index (χ2n) is 6.23. The molecule has 140 valence electrons. The quantitative estimate of drug-likeness (QED) is 0.717. The third kappa shape index (κ3) is 4.17. The molecule has 2 N–H and O–H groups in total. The van der Waals surface area contributed by atoms with Crippen molar-refractivity contribution >= 4 is 27.0 Å². The SMILES string of the molecule is CC(C)NC(=O)NS(=O)(=O)c1cccc(-c2cc(=O)c3ccccc3o2)c1. The van der Waals surface area contributed by atoms with Gasteiger partial charge in [-0.15, -0.1) is 0 Å². The Kier molecular flexibility index (Phi) is 5.00. The van der Waals surface area contributed by atoms with E-state index in [9.17, 15) is 18.0 Å². The summed E-state index contributed by atoms with van der Waals surface area (Å²) in [4.78, 5) is 23.9. The van der Waals surface area contributed by atoms with Gasteiger partial charge >= 0.3 is 6.03 Å². The van der Waals surface area contributed by atoms with Gasteiger partial charge in [0.1, 0.15) is 11.3 Å². The highest BCUT2D eigenvalue weighted by Gasteiger charge is 2.19. The molecule has 3 rings (SSSR count). The lowest BCUT2D eigenvalue weighted by Gasteiger charge is -2.11. The molecule has 2 amide bonds. The van der Waals surface area contributed by atoms with Gasteiger partial charge in [0, 0.05) is 17.7 Å². The number of hydrogen-bond acceptors (Lipinski definition) is 5. The fraction of sp³-hybridized carbons (Fsp3) is 0.158. The van der Waals surface area contributed by atoms with Crippen molar-refractivity contribution in [1.82, 2.24) is 10.0 Å². The van der Waals surface area contributed by atoms with Gasteiger partial charge in [0.2, 0.25) is 0 Å². The number of urea groups is 1. The predicted octanol–water partition coefficient (Wildman–Crippen LogP) is 2.86. The van der Waals surface area contributed by atoms with Gasteiger partial charge in [-0.25, -0.2) is 17.9 Å². The Bertz CT molecular complexity index is 1170. The van der Waals surface area contributed by atoms with E-state index in [1.807, 2.05) is 4.72 Å². The van der Waals surface area contributed by atoms with E-state index in [2.05, 4.69) is 5.32 Å². The van der Waals surface area contributed by atoms with Crippen molar-refractivity contribution in [1.29, 1.82) is 0 Å². The fourth-order valence-electron chi connectivity index (χ4n) is 2.54. The van der Waals surface area contributed by atoms with Crippen LogP contribution in [0.3, 0.4) is 0 Å². The van der Waals surface area contributed by atoms with Crippen molar-refractivity contribution in [3.05, 3.63) is 64.8 Å². The van der Waals surface area contributed by atoms with Gasteiger partial charge in [-0.2, -0.15) is 0 Å². The number of sulfonamides is 1. The van der Waals surface area contributed by atoms with Crippen LogP contribution >= 0.6 is 0 Å². The molecule has 0 unspecified atom stereocenters. The van der Waals surface area contributed by atoms with E-state index >= 15 is 0 Å². The van der Waals surface area contributed by atoms with Crippen LogP contribution < -0.4 is 15.5 Å². The molecule has 0 bridgehead atoms. The Morgan fingerprint density at radius 2 is 1.78 bits per heavy atom. The molecule has 0 fully saturated rings. The predicted molar refractivity (Wildman–Crippen MR) is 102 cm³/mol. The van der Waals surface area contributed by atoms with Gasteiger partial charge in [0.15, 0.2) is 5.43 Å². The lowest BCUT2D eigenvalue weighted by Crippen LogP contribution is -2.42. The molecule has 27 heavy (non-hydrogen) atoms. The number of rotatable bonds is 4. The van der Waals surface area contributed by atoms with Gasteiger partial charge in [0.25, 0.3) is 10.0 Å². The summed E-state index contributed by atoms with van der Waals surface area (Å²) in [7, 11) is -4.07. The number of carbonyl (C=O) groups excluding carboxylic acids is 1. The van der Waals surface area contributed by atoms with E-state index in [1.54, 1.807) is 44.2 Å². The van der Waals surface area contributed by atoms with E-state index < -0.39 is 16.1 Å². The second-order valence-corrected chi connectivity index (χ2v) is 7.91. The number of hydrogen-bond donors (Lipinski definition) is 2. The number of fused-ring (bicyclic) bond motifs is 1. The van der Waals surface area contributed by atoms with Gasteiger partial charge in [-0.05, 0) is 38.1 Å². The van der Waals surface area contributed by atoms with Crippen molar-refractivity contribution in [3.63, 3.8) is 0 Å². The molecule has 0 saturated heterocycles. The fourth-order valence-corrected chi connectivity index (χ4v) is 3.50. The summed E-state index contributed by atoms with van der Waals surface area (Å²) in [6.07, 6.45) is 0. The second kappa shape index (κ2) is 7.24. The van der Waals surface area contributed by atoms with Gasteiger partial charge < -0.3 is 9.73 Å². The van der Waals surface area contributed by atoms with Crippen LogP contribution in [0, 0.1) is 0 Å². The molecule has 1 heterocycles. The summed E-state index contributed by atoms with van der Waals surface area (Å²) in [6.45, 7) is 3.43. The average molecular weight is 386 g/mol. The third-order valence-corrected chi connectivity index (χ3v) is 5.04. The zero-order chi connectivity index (χ0) is 19.6. The van der Waals surface area contributed by atoms with Gasteiger partial charge in [0.05, 0.1) is 10.3 Å². The summed E-state index contributed by atoms with van der Waals surface area (Å²) >= 11 is 0. The summed E-state index contributed by atoms with van der Waals surface area (Å²) in [5.41, 5.74) is 0.585. The van der Waals surface area contributed by atoms with Crippen LogP contribution in [0.1, 0.15) is 13.8 Å². The van der Waals surface area contributed by atoms with Crippen LogP contribution in [0.2, 0.25) is 0 Å². The van der Waals surface area contributed by atoms with Crippen LogP contribution in [0.15, 0.2) is 68.7 Å². The zero-order valence-electron chi connectivity index (χ0n) is 14.7. The molecular formula is C19H18N2O5S. The van der Waals surface area contributed by atoms with Crippen molar-refractivity contribution in [2.24, 2.45) is 0 Å². The van der Waals surface area contributed by atoms with Crippen LogP contribution in [-0.2, 0) is 10.0 Å². The smallest absolute Gasteiger partial charge is 0.328 e. The minimum Gasteiger partial charge on any atom is -0.456 e. The molecule has 0 aliphatic carbocycles. The zero-order valence-corrected chi connectivity index (χ0v) is 15.5. The Hall–Kier alpha value is -3.13. The van der Waals surface area contributed by atoms with Crippen LogP contribution in [0.4, 0.5) is 4.79 Å². The highest BCUT2D eigenvalue weighted by molar-refractivity contribution is 7.90. The Morgan fingerprint density at radius 1 is 1.04 bits per heavy atom.